The molecule has 8 nitrogen and oxygen atoms in total. The van der Waals surface area contributed by atoms with Gasteiger partial charge >= 0.3 is 0 Å². The van der Waals surface area contributed by atoms with Gasteiger partial charge in [0.2, 0.25) is 5.95 Å². The van der Waals surface area contributed by atoms with Gasteiger partial charge in [0.05, 0.1) is 17.5 Å². The number of nitrogens with one attached hydrogen (secondary N) is 2. The number of fused-ring (bicyclic) bond motifs is 1. The van der Waals surface area contributed by atoms with Gasteiger partial charge in [-0.2, -0.15) is 0 Å². The lowest BCUT2D eigenvalue weighted by Gasteiger charge is -2.13. The van der Waals surface area contributed by atoms with Gasteiger partial charge in [0.1, 0.15) is 5.75 Å². The van der Waals surface area contributed by atoms with Gasteiger partial charge in [-0.05, 0) is 61.5 Å². The minimum atomic E-state index is -3.78. The number of ether oxygens (including phenoxy) is 1. The third kappa shape index (κ3) is 4.15. The van der Waals surface area contributed by atoms with E-state index < -0.39 is 10.0 Å². The van der Waals surface area contributed by atoms with Crippen molar-refractivity contribution in [3.63, 3.8) is 0 Å². The molecule has 0 saturated carbocycles. The summed E-state index contributed by atoms with van der Waals surface area (Å²) in [7, 11) is -2.17. The predicted octanol–water partition coefficient (Wildman–Crippen LogP) is 3.89. The van der Waals surface area contributed by atoms with Gasteiger partial charge in [0, 0.05) is 34.8 Å². The van der Waals surface area contributed by atoms with Crippen LogP contribution in [0.4, 0.5) is 17.3 Å². The first-order valence-corrected chi connectivity index (χ1v) is 10.6. The van der Waals surface area contributed by atoms with Crippen molar-refractivity contribution in [1.29, 1.82) is 0 Å². The smallest absolute Gasteiger partial charge is 0.264 e. The molecular weight excluding hydrogens is 402 g/mol. The predicted molar refractivity (Wildman–Crippen MR) is 116 cm³/mol. The van der Waals surface area contributed by atoms with Gasteiger partial charge in [-0.3, -0.25) is 4.98 Å². The Balaban J connectivity index is 1.61. The van der Waals surface area contributed by atoms with Crippen LogP contribution in [0.25, 0.3) is 10.9 Å². The van der Waals surface area contributed by atoms with Crippen LogP contribution in [0.1, 0.15) is 5.69 Å². The lowest BCUT2D eigenvalue weighted by Crippen LogP contribution is -2.14. The minimum absolute atomic E-state index is 0.0207. The zero-order valence-electron chi connectivity index (χ0n) is 16.3. The first-order valence-electron chi connectivity index (χ1n) is 9.07. The van der Waals surface area contributed by atoms with Gasteiger partial charge in [-0.25, -0.2) is 23.1 Å². The molecule has 0 aliphatic rings. The number of anilines is 3. The quantitative estimate of drug-likeness (QED) is 0.486. The zero-order chi connectivity index (χ0) is 21.1. The van der Waals surface area contributed by atoms with Crippen LogP contribution in [0.3, 0.4) is 0 Å². The molecule has 0 aliphatic carbocycles. The molecule has 2 heterocycles. The standard InChI is InChI=1S/C21H19N5O3S/c1-14-12-20(18-13-16(29-2)6-9-19(18)24-14)25-15-4-7-17(8-5-15)30(27,28)26-21-22-10-3-11-23-21/h3-13H,1-2H3,(H,24,25)(H,22,23,26). The van der Waals surface area contributed by atoms with Crippen LogP contribution in [0.2, 0.25) is 0 Å². The molecule has 2 N–H and O–H groups in total. The largest absolute Gasteiger partial charge is 0.497 e. The molecule has 0 spiro atoms. The third-order valence-electron chi connectivity index (χ3n) is 4.38. The molecule has 9 heteroatoms. The molecule has 0 radical (unpaired) electrons. The fourth-order valence-corrected chi connectivity index (χ4v) is 3.93. The van der Waals surface area contributed by atoms with E-state index in [1.165, 1.54) is 24.5 Å². The highest BCUT2D eigenvalue weighted by molar-refractivity contribution is 7.92. The van der Waals surface area contributed by atoms with Crippen LogP contribution >= 0.6 is 0 Å². The summed E-state index contributed by atoms with van der Waals surface area (Å²) in [6.45, 7) is 1.92. The average molecular weight is 421 g/mol. The van der Waals surface area contributed by atoms with E-state index in [2.05, 4.69) is 25.0 Å². The Kier molecular flexibility index (Phi) is 5.20. The van der Waals surface area contributed by atoms with Gasteiger partial charge < -0.3 is 10.1 Å². The van der Waals surface area contributed by atoms with Crippen molar-refractivity contribution in [3.8, 4) is 5.75 Å². The molecule has 152 valence electrons. The monoisotopic (exact) mass is 421 g/mol. The SMILES string of the molecule is COc1ccc2nc(C)cc(Nc3ccc(S(=O)(=O)Nc4ncccn4)cc3)c2c1. The van der Waals surface area contributed by atoms with Crippen LogP contribution < -0.4 is 14.8 Å². The second-order valence-corrected chi connectivity index (χ2v) is 8.20. The van der Waals surface area contributed by atoms with E-state index >= 15 is 0 Å². The molecule has 0 unspecified atom stereocenters. The van der Waals surface area contributed by atoms with Crippen molar-refractivity contribution >= 4 is 38.2 Å². The number of methoxy groups -OCH3 is 1. The highest BCUT2D eigenvalue weighted by Gasteiger charge is 2.15. The zero-order valence-corrected chi connectivity index (χ0v) is 17.1. The Bertz CT molecular complexity index is 1290. The molecule has 0 aliphatic heterocycles. The highest BCUT2D eigenvalue weighted by Crippen LogP contribution is 2.30. The summed E-state index contributed by atoms with van der Waals surface area (Å²) in [4.78, 5) is 12.4. The molecule has 0 fully saturated rings. The number of hydrogen-bond acceptors (Lipinski definition) is 7. The third-order valence-corrected chi connectivity index (χ3v) is 5.72. The van der Waals surface area contributed by atoms with Crippen molar-refractivity contribution in [2.45, 2.75) is 11.8 Å². The topological polar surface area (TPSA) is 106 Å². The number of benzene rings is 2. The number of nitrogens with zero attached hydrogens (tertiary/aromatic N) is 3. The Morgan fingerprint density at radius 1 is 0.967 bits per heavy atom. The van der Waals surface area contributed by atoms with Crippen LogP contribution in [0.15, 0.2) is 71.9 Å². The van der Waals surface area contributed by atoms with Gasteiger partial charge in [0.15, 0.2) is 0 Å². The van der Waals surface area contributed by atoms with Crippen LogP contribution in [-0.2, 0) is 10.0 Å². The molecule has 0 atom stereocenters. The van der Waals surface area contributed by atoms with E-state index in [0.717, 1.165) is 33.7 Å². The molecule has 0 amide bonds. The lowest BCUT2D eigenvalue weighted by molar-refractivity contribution is 0.415. The van der Waals surface area contributed by atoms with E-state index in [-0.39, 0.29) is 10.8 Å². The van der Waals surface area contributed by atoms with Crippen LogP contribution in [0.5, 0.6) is 5.75 Å². The van der Waals surface area contributed by atoms with Gasteiger partial charge in [0.25, 0.3) is 10.0 Å². The van der Waals surface area contributed by atoms with Crippen molar-refractivity contribution in [1.82, 2.24) is 15.0 Å². The summed E-state index contributed by atoms with van der Waals surface area (Å²) in [5.41, 5.74) is 3.29. The minimum Gasteiger partial charge on any atom is -0.497 e. The normalized spacial score (nSPS) is 11.3. The molecule has 4 rings (SSSR count). The van der Waals surface area contributed by atoms with Crippen LogP contribution in [0, 0.1) is 6.92 Å². The summed E-state index contributed by atoms with van der Waals surface area (Å²) in [5.74, 6) is 0.749. The second-order valence-electron chi connectivity index (χ2n) is 6.52. The van der Waals surface area contributed by atoms with E-state index in [4.69, 9.17) is 4.74 Å². The fraction of sp³-hybridized carbons (Fsp3) is 0.0952. The van der Waals surface area contributed by atoms with E-state index in [0.29, 0.717) is 0 Å². The summed E-state index contributed by atoms with van der Waals surface area (Å²) in [6.07, 6.45) is 2.93. The molecule has 2 aromatic carbocycles. The second kappa shape index (κ2) is 7.96. The summed E-state index contributed by atoms with van der Waals surface area (Å²) < 4.78 is 32.7. The maximum atomic E-state index is 12.5. The van der Waals surface area contributed by atoms with E-state index in [9.17, 15) is 8.42 Å². The molecule has 2 aromatic heterocycles. The van der Waals surface area contributed by atoms with Crippen molar-refractivity contribution in [3.05, 3.63) is 72.7 Å². The molecule has 0 bridgehead atoms. The number of aryl methyl sites for hydroxylation is 1. The van der Waals surface area contributed by atoms with Crippen LogP contribution in [-0.4, -0.2) is 30.5 Å². The molecular formula is C21H19N5O3S. The molecule has 0 saturated heterocycles. The Morgan fingerprint density at radius 3 is 2.40 bits per heavy atom. The number of pyridine rings is 1. The Morgan fingerprint density at radius 2 is 1.70 bits per heavy atom. The fourth-order valence-electron chi connectivity index (χ4n) is 2.97. The van der Waals surface area contributed by atoms with Gasteiger partial charge in [-0.1, -0.05) is 0 Å². The van der Waals surface area contributed by atoms with E-state index in [1.807, 2.05) is 31.2 Å². The summed E-state index contributed by atoms with van der Waals surface area (Å²) in [6, 6.07) is 15.6. The average Bonchev–Trinajstić information content (AvgIpc) is 2.74. The first-order chi connectivity index (χ1) is 14.4. The lowest BCUT2D eigenvalue weighted by atomic mass is 10.1. The molecule has 30 heavy (non-hydrogen) atoms. The van der Waals surface area contributed by atoms with Crippen molar-refractivity contribution in [2.24, 2.45) is 0 Å². The van der Waals surface area contributed by atoms with E-state index in [1.54, 1.807) is 25.3 Å². The van der Waals surface area contributed by atoms with Gasteiger partial charge in [-0.15, -0.1) is 0 Å². The molecule has 4 aromatic rings. The van der Waals surface area contributed by atoms with Crippen molar-refractivity contribution in [2.75, 3.05) is 17.1 Å². The Hall–Kier alpha value is -3.72. The summed E-state index contributed by atoms with van der Waals surface area (Å²) in [5, 5.41) is 4.23. The maximum absolute atomic E-state index is 12.5. The number of hydrogen-bond donors (Lipinski definition) is 2. The number of rotatable bonds is 6. The number of aromatic nitrogens is 3. The highest BCUT2D eigenvalue weighted by atomic mass is 32.2. The maximum Gasteiger partial charge on any atom is 0.264 e. The summed E-state index contributed by atoms with van der Waals surface area (Å²) >= 11 is 0. The van der Waals surface area contributed by atoms with Crippen molar-refractivity contribution < 1.29 is 13.2 Å². The first kappa shape index (κ1) is 19.6. The Labute approximate surface area is 174 Å². The number of sulfonamides is 1.